The lowest BCUT2D eigenvalue weighted by molar-refractivity contribution is -0.135. The lowest BCUT2D eigenvalue weighted by Crippen LogP contribution is -2.38. The Morgan fingerprint density at radius 3 is 2.47 bits per heavy atom. The number of amides is 1. The standard InChI is InChI=1S/C14H19FN2O.ClH/c1-17(10-11-2-4-13(15)5-3-11)14(18)12-6-8-16-9-7-12;/h2-5,12,16H,6-10H2,1H3;1H. The predicted molar refractivity (Wildman–Crippen MR) is 75.7 cm³/mol. The number of hydrogen-bond donors (Lipinski definition) is 1. The molecule has 106 valence electrons. The number of carbonyl (C=O) groups excluding carboxylic acids is 1. The summed E-state index contributed by atoms with van der Waals surface area (Å²) in [7, 11) is 1.81. The van der Waals surface area contributed by atoms with Crippen molar-refractivity contribution in [2.75, 3.05) is 20.1 Å². The quantitative estimate of drug-likeness (QED) is 0.924. The number of nitrogens with one attached hydrogen (secondary N) is 1. The Labute approximate surface area is 119 Å². The smallest absolute Gasteiger partial charge is 0.225 e. The molecule has 1 aromatic carbocycles. The molecule has 0 aromatic heterocycles. The lowest BCUT2D eigenvalue weighted by atomic mass is 9.96. The van der Waals surface area contributed by atoms with E-state index >= 15 is 0 Å². The third kappa shape index (κ3) is 4.48. The Morgan fingerprint density at radius 1 is 1.32 bits per heavy atom. The van der Waals surface area contributed by atoms with Gasteiger partial charge in [-0.1, -0.05) is 12.1 Å². The molecule has 1 saturated heterocycles. The third-order valence-corrected chi connectivity index (χ3v) is 3.40. The van der Waals surface area contributed by atoms with Crippen LogP contribution >= 0.6 is 12.4 Å². The SMILES string of the molecule is CN(Cc1ccc(F)cc1)C(=O)C1CCNCC1.Cl. The Bertz CT molecular complexity index is 404. The van der Waals surface area contributed by atoms with E-state index in [2.05, 4.69) is 5.32 Å². The van der Waals surface area contributed by atoms with Crippen LogP contribution in [-0.4, -0.2) is 30.9 Å². The first kappa shape index (κ1) is 15.9. The second-order valence-corrected chi connectivity index (χ2v) is 4.85. The summed E-state index contributed by atoms with van der Waals surface area (Å²) in [5.41, 5.74) is 0.959. The molecule has 0 radical (unpaired) electrons. The molecule has 5 heteroatoms. The summed E-state index contributed by atoms with van der Waals surface area (Å²) < 4.78 is 12.8. The van der Waals surface area contributed by atoms with E-state index in [1.807, 2.05) is 7.05 Å². The fourth-order valence-corrected chi connectivity index (χ4v) is 2.32. The van der Waals surface area contributed by atoms with Crippen LogP contribution in [0.4, 0.5) is 4.39 Å². The van der Waals surface area contributed by atoms with Gasteiger partial charge < -0.3 is 10.2 Å². The van der Waals surface area contributed by atoms with Crippen LogP contribution in [-0.2, 0) is 11.3 Å². The lowest BCUT2D eigenvalue weighted by Gasteiger charge is -2.27. The maximum Gasteiger partial charge on any atom is 0.225 e. The van der Waals surface area contributed by atoms with Crippen LogP contribution in [0, 0.1) is 11.7 Å². The Hall–Kier alpha value is -1.13. The van der Waals surface area contributed by atoms with Crippen LogP contribution in [0.5, 0.6) is 0 Å². The molecule has 19 heavy (non-hydrogen) atoms. The molecule has 0 spiro atoms. The van der Waals surface area contributed by atoms with Gasteiger partial charge in [0.25, 0.3) is 0 Å². The third-order valence-electron chi connectivity index (χ3n) is 3.40. The molecule has 1 amide bonds. The van der Waals surface area contributed by atoms with Gasteiger partial charge in [0.15, 0.2) is 0 Å². The summed E-state index contributed by atoms with van der Waals surface area (Å²) in [4.78, 5) is 13.9. The normalized spacial score (nSPS) is 15.7. The zero-order valence-corrected chi connectivity index (χ0v) is 11.9. The summed E-state index contributed by atoms with van der Waals surface area (Å²) in [6.07, 6.45) is 1.82. The van der Waals surface area contributed by atoms with Gasteiger partial charge in [-0.2, -0.15) is 0 Å². The number of rotatable bonds is 3. The predicted octanol–water partition coefficient (Wildman–Crippen LogP) is 2.21. The van der Waals surface area contributed by atoms with Gasteiger partial charge in [0.2, 0.25) is 5.91 Å². The minimum absolute atomic E-state index is 0. The van der Waals surface area contributed by atoms with E-state index in [9.17, 15) is 9.18 Å². The zero-order chi connectivity index (χ0) is 13.0. The van der Waals surface area contributed by atoms with Crippen molar-refractivity contribution in [3.63, 3.8) is 0 Å². The van der Waals surface area contributed by atoms with E-state index in [1.54, 1.807) is 17.0 Å². The number of hydrogen-bond acceptors (Lipinski definition) is 2. The van der Waals surface area contributed by atoms with E-state index < -0.39 is 0 Å². The Kier molecular flexibility index (Phi) is 6.25. The van der Waals surface area contributed by atoms with Crippen LogP contribution in [0.15, 0.2) is 24.3 Å². The molecule has 1 N–H and O–H groups in total. The monoisotopic (exact) mass is 286 g/mol. The van der Waals surface area contributed by atoms with Crippen molar-refractivity contribution in [1.82, 2.24) is 10.2 Å². The number of benzene rings is 1. The molecule has 0 aliphatic carbocycles. The fraction of sp³-hybridized carbons (Fsp3) is 0.500. The van der Waals surface area contributed by atoms with Gasteiger partial charge in [0.05, 0.1) is 0 Å². The minimum atomic E-state index is -0.244. The molecular formula is C14H20ClFN2O. The molecular weight excluding hydrogens is 267 g/mol. The van der Waals surface area contributed by atoms with Crippen molar-refractivity contribution in [3.8, 4) is 0 Å². The van der Waals surface area contributed by atoms with Crippen molar-refractivity contribution >= 4 is 18.3 Å². The van der Waals surface area contributed by atoms with E-state index in [0.29, 0.717) is 6.54 Å². The Balaban J connectivity index is 0.00000180. The van der Waals surface area contributed by atoms with Crippen molar-refractivity contribution in [2.24, 2.45) is 5.92 Å². The molecule has 0 bridgehead atoms. The molecule has 1 aromatic rings. The fourth-order valence-electron chi connectivity index (χ4n) is 2.32. The maximum atomic E-state index is 12.8. The van der Waals surface area contributed by atoms with Crippen LogP contribution in [0.3, 0.4) is 0 Å². The molecule has 1 aliphatic heterocycles. The second kappa shape index (κ2) is 7.46. The summed E-state index contributed by atoms with van der Waals surface area (Å²) in [5.74, 6) is 0.0867. The van der Waals surface area contributed by atoms with Gasteiger partial charge in [-0.25, -0.2) is 4.39 Å². The van der Waals surface area contributed by atoms with Gasteiger partial charge >= 0.3 is 0 Å². The van der Waals surface area contributed by atoms with Crippen LogP contribution in [0.25, 0.3) is 0 Å². The highest BCUT2D eigenvalue weighted by atomic mass is 35.5. The number of piperidine rings is 1. The Morgan fingerprint density at radius 2 is 1.89 bits per heavy atom. The van der Waals surface area contributed by atoms with Crippen molar-refractivity contribution in [1.29, 1.82) is 0 Å². The molecule has 1 heterocycles. The molecule has 2 rings (SSSR count). The van der Waals surface area contributed by atoms with Gasteiger partial charge in [0, 0.05) is 19.5 Å². The molecule has 0 saturated carbocycles. The van der Waals surface area contributed by atoms with Crippen LogP contribution in [0.2, 0.25) is 0 Å². The number of halogens is 2. The van der Waals surface area contributed by atoms with Crippen molar-refractivity contribution in [3.05, 3.63) is 35.6 Å². The minimum Gasteiger partial charge on any atom is -0.341 e. The number of carbonyl (C=O) groups is 1. The topological polar surface area (TPSA) is 32.3 Å². The van der Waals surface area contributed by atoms with Gasteiger partial charge in [0.1, 0.15) is 5.82 Å². The summed E-state index contributed by atoms with van der Waals surface area (Å²) in [6, 6.07) is 6.30. The summed E-state index contributed by atoms with van der Waals surface area (Å²) >= 11 is 0. The van der Waals surface area contributed by atoms with Gasteiger partial charge in [-0.15, -0.1) is 12.4 Å². The van der Waals surface area contributed by atoms with Crippen LogP contribution in [0.1, 0.15) is 18.4 Å². The highest BCUT2D eigenvalue weighted by molar-refractivity contribution is 5.85. The second-order valence-electron chi connectivity index (χ2n) is 4.85. The van der Waals surface area contributed by atoms with E-state index in [0.717, 1.165) is 31.5 Å². The largest absolute Gasteiger partial charge is 0.341 e. The van der Waals surface area contributed by atoms with Gasteiger partial charge in [-0.3, -0.25) is 4.79 Å². The first-order valence-electron chi connectivity index (χ1n) is 6.37. The molecule has 3 nitrogen and oxygen atoms in total. The average molecular weight is 287 g/mol. The molecule has 1 fully saturated rings. The maximum absolute atomic E-state index is 12.8. The van der Waals surface area contributed by atoms with Crippen molar-refractivity contribution < 1.29 is 9.18 Å². The van der Waals surface area contributed by atoms with Crippen LogP contribution < -0.4 is 5.32 Å². The van der Waals surface area contributed by atoms with E-state index in [1.165, 1.54) is 12.1 Å². The van der Waals surface area contributed by atoms with Crippen molar-refractivity contribution in [2.45, 2.75) is 19.4 Å². The zero-order valence-electron chi connectivity index (χ0n) is 11.1. The first-order chi connectivity index (χ1) is 8.66. The average Bonchev–Trinajstić information content (AvgIpc) is 2.41. The highest BCUT2D eigenvalue weighted by Crippen LogP contribution is 2.16. The summed E-state index contributed by atoms with van der Waals surface area (Å²) in [6.45, 7) is 2.38. The van der Waals surface area contributed by atoms with Gasteiger partial charge in [-0.05, 0) is 43.6 Å². The number of nitrogens with zero attached hydrogens (tertiary/aromatic N) is 1. The molecule has 0 unspecified atom stereocenters. The summed E-state index contributed by atoms with van der Waals surface area (Å²) in [5, 5.41) is 3.25. The first-order valence-corrected chi connectivity index (χ1v) is 6.37. The molecule has 0 atom stereocenters. The van der Waals surface area contributed by atoms with E-state index in [-0.39, 0.29) is 30.0 Å². The highest BCUT2D eigenvalue weighted by Gasteiger charge is 2.23. The molecule has 1 aliphatic rings. The van der Waals surface area contributed by atoms with E-state index in [4.69, 9.17) is 0 Å².